The maximum atomic E-state index is 5.94. The van der Waals surface area contributed by atoms with Gasteiger partial charge in [0.15, 0.2) is 5.96 Å². The van der Waals surface area contributed by atoms with Gasteiger partial charge in [-0.2, -0.15) is 0 Å². The Balaban J connectivity index is 0.00000289. The summed E-state index contributed by atoms with van der Waals surface area (Å²) in [7, 11) is 0. The number of rotatable bonds is 5. The molecule has 0 saturated heterocycles. The van der Waals surface area contributed by atoms with Crippen molar-refractivity contribution in [2.45, 2.75) is 26.7 Å². The van der Waals surface area contributed by atoms with Gasteiger partial charge < -0.3 is 10.6 Å². The van der Waals surface area contributed by atoms with Gasteiger partial charge in [-0.1, -0.05) is 37.3 Å². The number of nitrogens with two attached hydrogens (primary N) is 1. The highest BCUT2D eigenvalue weighted by atomic mass is 127. The molecule has 1 aromatic rings. The van der Waals surface area contributed by atoms with Crippen molar-refractivity contribution in [3.8, 4) is 0 Å². The molecule has 4 heteroatoms. The number of hydrogen-bond donors (Lipinski definition) is 1. The summed E-state index contributed by atoms with van der Waals surface area (Å²) in [4.78, 5) is 6.53. The molecular weight excluding hydrogens is 337 g/mol. The maximum absolute atomic E-state index is 5.94. The molecule has 0 fully saturated rings. The second-order valence-electron chi connectivity index (χ2n) is 4.18. The Morgan fingerprint density at radius 2 is 1.78 bits per heavy atom. The highest BCUT2D eigenvalue weighted by molar-refractivity contribution is 14.0. The van der Waals surface area contributed by atoms with E-state index in [2.05, 4.69) is 54.9 Å². The standard InChI is InChI=1S/C14H23N3.HI/c1-4-17(5-2)14(15)16-11-12(3)13-9-7-6-8-10-13;/h6-10,12H,4-5,11H2,1-3H3,(H2,15,16);1H. The van der Waals surface area contributed by atoms with Crippen molar-refractivity contribution in [3.63, 3.8) is 0 Å². The number of guanidine groups is 1. The van der Waals surface area contributed by atoms with Crippen molar-refractivity contribution in [1.82, 2.24) is 4.90 Å². The molecule has 0 aliphatic carbocycles. The zero-order valence-corrected chi connectivity index (χ0v) is 13.8. The molecule has 0 aliphatic rings. The van der Waals surface area contributed by atoms with E-state index in [4.69, 9.17) is 5.73 Å². The minimum atomic E-state index is 0. The average Bonchev–Trinajstić information content (AvgIpc) is 2.38. The van der Waals surface area contributed by atoms with E-state index in [9.17, 15) is 0 Å². The van der Waals surface area contributed by atoms with Crippen LogP contribution in [0.25, 0.3) is 0 Å². The largest absolute Gasteiger partial charge is 0.370 e. The van der Waals surface area contributed by atoms with Crippen molar-refractivity contribution in [3.05, 3.63) is 35.9 Å². The van der Waals surface area contributed by atoms with Crippen LogP contribution in [0.3, 0.4) is 0 Å². The van der Waals surface area contributed by atoms with Crippen molar-refractivity contribution in [2.75, 3.05) is 19.6 Å². The van der Waals surface area contributed by atoms with E-state index in [-0.39, 0.29) is 24.0 Å². The number of aliphatic imine (C=N–C) groups is 1. The smallest absolute Gasteiger partial charge is 0.191 e. The summed E-state index contributed by atoms with van der Waals surface area (Å²) >= 11 is 0. The Bertz CT molecular complexity index is 347. The van der Waals surface area contributed by atoms with Crippen molar-refractivity contribution >= 4 is 29.9 Å². The van der Waals surface area contributed by atoms with Crippen LogP contribution >= 0.6 is 24.0 Å². The van der Waals surface area contributed by atoms with Gasteiger partial charge in [-0.15, -0.1) is 24.0 Å². The van der Waals surface area contributed by atoms with Crippen LogP contribution in [0.15, 0.2) is 35.3 Å². The van der Waals surface area contributed by atoms with E-state index in [0.717, 1.165) is 19.6 Å². The number of benzene rings is 1. The number of nitrogens with zero attached hydrogens (tertiary/aromatic N) is 2. The Hall–Kier alpha value is -0.780. The van der Waals surface area contributed by atoms with Gasteiger partial charge in [-0.05, 0) is 19.4 Å². The lowest BCUT2D eigenvalue weighted by molar-refractivity contribution is 0.457. The summed E-state index contributed by atoms with van der Waals surface area (Å²) in [5, 5.41) is 0. The quantitative estimate of drug-likeness (QED) is 0.498. The SMILES string of the molecule is CCN(CC)C(N)=NCC(C)c1ccccc1.I. The molecule has 0 heterocycles. The van der Waals surface area contributed by atoms with E-state index in [1.54, 1.807) is 0 Å². The lowest BCUT2D eigenvalue weighted by Crippen LogP contribution is -2.37. The molecule has 0 spiro atoms. The topological polar surface area (TPSA) is 41.6 Å². The molecule has 2 N–H and O–H groups in total. The molecule has 0 bridgehead atoms. The molecule has 102 valence electrons. The molecule has 18 heavy (non-hydrogen) atoms. The van der Waals surface area contributed by atoms with Gasteiger partial charge in [0.1, 0.15) is 0 Å². The van der Waals surface area contributed by atoms with Gasteiger partial charge in [0.05, 0.1) is 0 Å². The summed E-state index contributed by atoms with van der Waals surface area (Å²) in [6, 6.07) is 10.4. The lowest BCUT2D eigenvalue weighted by Gasteiger charge is -2.20. The first-order chi connectivity index (χ1) is 8.19. The summed E-state index contributed by atoms with van der Waals surface area (Å²) in [6.45, 7) is 8.91. The van der Waals surface area contributed by atoms with Crippen molar-refractivity contribution in [1.29, 1.82) is 0 Å². The fourth-order valence-electron chi connectivity index (χ4n) is 1.77. The van der Waals surface area contributed by atoms with Crippen molar-refractivity contribution < 1.29 is 0 Å². The molecule has 0 amide bonds. The van der Waals surface area contributed by atoms with Crippen LogP contribution in [0.5, 0.6) is 0 Å². The first-order valence-electron chi connectivity index (χ1n) is 6.28. The monoisotopic (exact) mass is 361 g/mol. The molecule has 1 rings (SSSR count). The van der Waals surface area contributed by atoms with E-state index in [1.807, 2.05) is 6.07 Å². The minimum Gasteiger partial charge on any atom is -0.370 e. The van der Waals surface area contributed by atoms with E-state index < -0.39 is 0 Å². The Morgan fingerprint density at radius 3 is 2.28 bits per heavy atom. The minimum absolute atomic E-state index is 0. The predicted octanol–water partition coefficient (Wildman–Crippen LogP) is 3.06. The molecule has 1 atom stereocenters. The lowest BCUT2D eigenvalue weighted by atomic mass is 10.0. The Labute approximate surface area is 127 Å². The van der Waals surface area contributed by atoms with Crippen LogP contribution in [-0.2, 0) is 0 Å². The van der Waals surface area contributed by atoms with Gasteiger partial charge >= 0.3 is 0 Å². The molecular formula is C14H24IN3. The molecule has 3 nitrogen and oxygen atoms in total. The number of hydrogen-bond acceptors (Lipinski definition) is 1. The van der Waals surface area contributed by atoms with Gasteiger partial charge in [-0.3, -0.25) is 4.99 Å². The molecule has 0 radical (unpaired) electrons. The molecule has 0 saturated carbocycles. The summed E-state index contributed by atoms with van der Waals surface area (Å²) in [5.74, 6) is 1.06. The third-order valence-corrected chi connectivity index (χ3v) is 2.98. The fraction of sp³-hybridized carbons (Fsp3) is 0.500. The van der Waals surface area contributed by atoms with Gasteiger partial charge in [0, 0.05) is 25.6 Å². The van der Waals surface area contributed by atoms with Gasteiger partial charge in [0.2, 0.25) is 0 Å². The molecule has 0 aromatic heterocycles. The summed E-state index contributed by atoms with van der Waals surface area (Å²) in [5.41, 5.74) is 7.25. The zero-order valence-electron chi connectivity index (χ0n) is 11.5. The number of halogens is 1. The van der Waals surface area contributed by atoms with Crippen LogP contribution < -0.4 is 5.73 Å². The summed E-state index contributed by atoms with van der Waals surface area (Å²) in [6.07, 6.45) is 0. The van der Waals surface area contributed by atoms with Gasteiger partial charge in [-0.25, -0.2) is 0 Å². The first kappa shape index (κ1) is 17.2. The fourth-order valence-corrected chi connectivity index (χ4v) is 1.77. The summed E-state index contributed by atoms with van der Waals surface area (Å²) < 4.78 is 0. The Kier molecular flexibility index (Phi) is 8.79. The third-order valence-electron chi connectivity index (χ3n) is 2.98. The molecule has 0 aliphatic heterocycles. The van der Waals surface area contributed by atoms with Crippen LogP contribution in [0.1, 0.15) is 32.3 Å². The average molecular weight is 361 g/mol. The van der Waals surface area contributed by atoms with E-state index in [1.165, 1.54) is 5.56 Å². The first-order valence-corrected chi connectivity index (χ1v) is 6.28. The van der Waals surface area contributed by atoms with Crippen molar-refractivity contribution in [2.24, 2.45) is 10.7 Å². The molecule has 1 unspecified atom stereocenters. The second kappa shape index (κ2) is 9.19. The predicted molar refractivity (Wildman–Crippen MR) is 89.7 cm³/mol. The van der Waals surface area contributed by atoms with Crippen LogP contribution in [-0.4, -0.2) is 30.5 Å². The van der Waals surface area contributed by atoms with E-state index in [0.29, 0.717) is 11.9 Å². The van der Waals surface area contributed by atoms with E-state index >= 15 is 0 Å². The highest BCUT2D eigenvalue weighted by Crippen LogP contribution is 2.14. The van der Waals surface area contributed by atoms with Gasteiger partial charge in [0.25, 0.3) is 0 Å². The second-order valence-corrected chi connectivity index (χ2v) is 4.18. The highest BCUT2D eigenvalue weighted by Gasteiger charge is 2.06. The Morgan fingerprint density at radius 1 is 1.22 bits per heavy atom. The molecule has 1 aromatic carbocycles. The normalized spacial score (nSPS) is 12.7. The third kappa shape index (κ3) is 5.25. The van der Waals surface area contributed by atoms with Crippen LogP contribution in [0, 0.1) is 0 Å². The maximum Gasteiger partial charge on any atom is 0.191 e. The van der Waals surface area contributed by atoms with Crippen LogP contribution in [0.2, 0.25) is 0 Å². The van der Waals surface area contributed by atoms with Crippen LogP contribution in [0.4, 0.5) is 0 Å². The zero-order chi connectivity index (χ0) is 12.7.